The zero-order valence-corrected chi connectivity index (χ0v) is 14.5. The van der Waals surface area contributed by atoms with E-state index < -0.39 is 0 Å². The van der Waals surface area contributed by atoms with Gasteiger partial charge in [0.05, 0.1) is 0 Å². The van der Waals surface area contributed by atoms with Gasteiger partial charge in [-0.1, -0.05) is 12.1 Å². The number of hydrogen-bond donors (Lipinski definition) is 3. The second-order valence-corrected chi connectivity index (χ2v) is 5.34. The lowest BCUT2D eigenvalue weighted by Crippen LogP contribution is -2.45. The largest absolute Gasteiger partial charge is 0.348 e. The first-order chi connectivity index (χ1) is 10.2. The Balaban J connectivity index is 0.00000132. The number of hydrogen-bond acceptors (Lipinski definition) is 4. The molecule has 1 aliphatic heterocycles. The minimum absolute atomic E-state index is 0. The molecule has 1 aromatic heterocycles. The first-order valence-corrected chi connectivity index (χ1v) is 7.23. The van der Waals surface area contributed by atoms with Gasteiger partial charge in [-0.05, 0) is 38.4 Å². The quantitative estimate of drug-likeness (QED) is 0.785. The third-order valence-corrected chi connectivity index (χ3v) is 3.61. The van der Waals surface area contributed by atoms with Gasteiger partial charge in [-0.3, -0.25) is 9.89 Å². The summed E-state index contributed by atoms with van der Waals surface area (Å²) in [6.45, 7) is 3.72. The van der Waals surface area contributed by atoms with E-state index in [1.165, 1.54) is 0 Å². The van der Waals surface area contributed by atoms with Crippen molar-refractivity contribution in [3.8, 4) is 11.4 Å². The molecule has 3 rings (SSSR count). The highest BCUT2D eigenvalue weighted by Gasteiger charge is 2.16. The van der Waals surface area contributed by atoms with Crippen molar-refractivity contribution in [2.24, 2.45) is 0 Å². The van der Waals surface area contributed by atoms with Gasteiger partial charge in [0.25, 0.3) is 5.91 Å². The highest BCUT2D eigenvalue weighted by molar-refractivity contribution is 5.95. The van der Waals surface area contributed by atoms with Crippen LogP contribution in [0.2, 0.25) is 0 Å². The summed E-state index contributed by atoms with van der Waals surface area (Å²) in [5, 5.41) is 13.3. The standard InChI is InChI=1S/C15H19N5O.2ClH/c1-10-17-14(20-19-10)11-4-2-5-12(8-11)15(21)18-13-6-3-7-16-9-13;;/h2,4-5,8,13,16H,3,6-7,9H2,1H3,(H,18,21)(H,17,19,20);2*1H/t13-;;/m0../s1. The molecular weight excluding hydrogens is 337 g/mol. The number of benzene rings is 1. The molecular formula is C15H21Cl2N5O. The lowest BCUT2D eigenvalue weighted by molar-refractivity contribution is 0.0930. The van der Waals surface area contributed by atoms with Crippen molar-refractivity contribution in [1.29, 1.82) is 0 Å². The lowest BCUT2D eigenvalue weighted by Gasteiger charge is -2.23. The molecule has 0 bridgehead atoms. The van der Waals surface area contributed by atoms with Crippen LogP contribution in [-0.2, 0) is 0 Å². The molecule has 0 saturated carbocycles. The van der Waals surface area contributed by atoms with E-state index >= 15 is 0 Å². The topological polar surface area (TPSA) is 82.7 Å². The van der Waals surface area contributed by atoms with Gasteiger partial charge in [-0.2, -0.15) is 5.10 Å². The predicted molar refractivity (Wildman–Crippen MR) is 94.4 cm³/mol. The molecule has 0 spiro atoms. The van der Waals surface area contributed by atoms with Crippen molar-refractivity contribution >= 4 is 30.7 Å². The second kappa shape index (κ2) is 8.86. The number of amides is 1. The van der Waals surface area contributed by atoms with Crippen molar-refractivity contribution in [3.05, 3.63) is 35.7 Å². The number of nitrogens with zero attached hydrogens (tertiary/aromatic N) is 2. The minimum atomic E-state index is -0.0437. The van der Waals surface area contributed by atoms with Crippen molar-refractivity contribution in [1.82, 2.24) is 25.8 Å². The molecule has 0 unspecified atom stereocenters. The van der Waals surface area contributed by atoms with Crippen molar-refractivity contribution < 1.29 is 4.79 Å². The van der Waals surface area contributed by atoms with E-state index in [-0.39, 0.29) is 36.8 Å². The molecule has 2 heterocycles. The van der Waals surface area contributed by atoms with Crippen LogP contribution in [0, 0.1) is 6.92 Å². The van der Waals surface area contributed by atoms with E-state index in [1.54, 1.807) is 0 Å². The second-order valence-electron chi connectivity index (χ2n) is 5.34. The van der Waals surface area contributed by atoms with E-state index in [0.717, 1.165) is 37.3 Å². The summed E-state index contributed by atoms with van der Waals surface area (Å²) in [6.07, 6.45) is 2.13. The third kappa shape index (κ3) is 4.92. The fraction of sp³-hybridized carbons (Fsp3) is 0.400. The Morgan fingerprint density at radius 2 is 2.17 bits per heavy atom. The Kier molecular flexibility index (Phi) is 7.48. The van der Waals surface area contributed by atoms with Crippen molar-refractivity contribution in [2.75, 3.05) is 13.1 Å². The summed E-state index contributed by atoms with van der Waals surface area (Å²) in [6, 6.07) is 7.61. The monoisotopic (exact) mass is 357 g/mol. The van der Waals surface area contributed by atoms with Crippen LogP contribution >= 0.6 is 24.8 Å². The van der Waals surface area contributed by atoms with Crippen LogP contribution in [-0.4, -0.2) is 40.2 Å². The van der Waals surface area contributed by atoms with E-state index in [2.05, 4.69) is 25.8 Å². The summed E-state index contributed by atoms with van der Waals surface area (Å²) in [7, 11) is 0. The Bertz CT molecular complexity index is 640. The summed E-state index contributed by atoms with van der Waals surface area (Å²) in [5.41, 5.74) is 1.48. The smallest absolute Gasteiger partial charge is 0.251 e. The van der Waals surface area contributed by atoms with Crippen LogP contribution in [0.15, 0.2) is 24.3 Å². The van der Waals surface area contributed by atoms with E-state index in [1.807, 2.05) is 31.2 Å². The maximum atomic E-state index is 12.3. The maximum absolute atomic E-state index is 12.3. The molecule has 126 valence electrons. The van der Waals surface area contributed by atoms with E-state index in [9.17, 15) is 4.79 Å². The summed E-state index contributed by atoms with van der Waals surface area (Å²) in [5.74, 6) is 1.33. The van der Waals surface area contributed by atoms with Gasteiger partial charge < -0.3 is 10.6 Å². The van der Waals surface area contributed by atoms with Gasteiger partial charge in [0, 0.05) is 23.7 Å². The zero-order valence-electron chi connectivity index (χ0n) is 12.8. The number of rotatable bonds is 3. The number of halogens is 2. The van der Waals surface area contributed by atoms with E-state index in [4.69, 9.17) is 0 Å². The molecule has 1 fully saturated rings. The molecule has 0 radical (unpaired) electrons. The molecule has 2 aromatic rings. The van der Waals surface area contributed by atoms with Gasteiger partial charge in [0.1, 0.15) is 5.82 Å². The normalized spacial score (nSPS) is 16.8. The SMILES string of the molecule is Cc1nc(-c2cccc(C(=O)N[C@H]3CCCNC3)c2)n[nH]1.Cl.Cl. The van der Waals surface area contributed by atoms with Crippen molar-refractivity contribution in [3.63, 3.8) is 0 Å². The van der Waals surface area contributed by atoms with Gasteiger partial charge >= 0.3 is 0 Å². The van der Waals surface area contributed by atoms with Crippen LogP contribution < -0.4 is 10.6 Å². The molecule has 1 atom stereocenters. The summed E-state index contributed by atoms with van der Waals surface area (Å²) < 4.78 is 0. The zero-order chi connectivity index (χ0) is 14.7. The number of H-pyrrole nitrogens is 1. The fourth-order valence-electron chi connectivity index (χ4n) is 2.52. The van der Waals surface area contributed by atoms with Gasteiger partial charge in [-0.15, -0.1) is 24.8 Å². The molecule has 1 amide bonds. The average molecular weight is 358 g/mol. The summed E-state index contributed by atoms with van der Waals surface area (Å²) >= 11 is 0. The first kappa shape index (κ1) is 19.4. The molecule has 1 aliphatic rings. The van der Waals surface area contributed by atoms with E-state index in [0.29, 0.717) is 11.4 Å². The molecule has 8 heteroatoms. The Labute approximate surface area is 147 Å². The lowest BCUT2D eigenvalue weighted by atomic mass is 10.1. The number of aromatic amines is 1. The number of nitrogens with one attached hydrogen (secondary N) is 3. The Morgan fingerprint density at radius 1 is 1.35 bits per heavy atom. The first-order valence-electron chi connectivity index (χ1n) is 7.23. The third-order valence-electron chi connectivity index (χ3n) is 3.61. The fourth-order valence-corrected chi connectivity index (χ4v) is 2.52. The number of carbonyl (C=O) groups is 1. The highest BCUT2D eigenvalue weighted by Crippen LogP contribution is 2.16. The highest BCUT2D eigenvalue weighted by atomic mass is 35.5. The van der Waals surface area contributed by atoms with Crippen LogP contribution in [0.25, 0.3) is 11.4 Å². The Hall–Kier alpha value is -1.63. The number of piperidine rings is 1. The average Bonchev–Trinajstić information content (AvgIpc) is 2.95. The molecule has 3 N–H and O–H groups in total. The number of carbonyl (C=O) groups excluding carboxylic acids is 1. The summed E-state index contributed by atoms with van der Waals surface area (Å²) in [4.78, 5) is 16.6. The number of aromatic nitrogens is 3. The minimum Gasteiger partial charge on any atom is -0.348 e. The maximum Gasteiger partial charge on any atom is 0.251 e. The molecule has 6 nitrogen and oxygen atoms in total. The van der Waals surface area contributed by atoms with Gasteiger partial charge in [-0.25, -0.2) is 4.98 Å². The van der Waals surface area contributed by atoms with Gasteiger partial charge in [0.15, 0.2) is 5.82 Å². The van der Waals surface area contributed by atoms with Gasteiger partial charge in [0.2, 0.25) is 0 Å². The van der Waals surface area contributed by atoms with Crippen LogP contribution in [0.3, 0.4) is 0 Å². The Morgan fingerprint density at radius 3 is 2.83 bits per heavy atom. The predicted octanol–water partition coefficient (Wildman–Crippen LogP) is 2.11. The number of aryl methyl sites for hydroxylation is 1. The van der Waals surface area contributed by atoms with Crippen LogP contribution in [0.5, 0.6) is 0 Å². The molecule has 23 heavy (non-hydrogen) atoms. The van der Waals surface area contributed by atoms with Crippen molar-refractivity contribution in [2.45, 2.75) is 25.8 Å². The molecule has 0 aliphatic carbocycles. The van der Waals surface area contributed by atoms with Crippen LogP contribution in [0.1, 0.15) is 29.0 Å². The molecule has 1 saturated heterocycles. The molecule has 1 aromatic carbocycles. The van der Waals surface area contributed by atoms with Crippen LogP contribution in [0.4, 0.5) is 0 Å².